The van der Waals surface area contributed by atoms with E-state index in [-0.39, 0.29) is 20.5 Å². The summed E-state index contributed by atoms with van der Waals surface area (Å²) in [5.41, 5.74) is -0.236. The number of rotatable bonds is 5. The number of fused-ring (bicyclic) bond motifs is 2. The summed E-state index contributed by atoms with van der Waals surface area (Å²) in [6.45, 7) is 2.96. The Bertz CT molecular complexity index is 1170. The van der Waals surface area contributed by atoms with Gasteiger partial charge in [-0.15, -0.1) is 0 Å². The summed E-state index contributed by atoms with van der Waals surface area (Å²) in [6.07, 6.45) is -8.54. The molecule has 37 heavy (non-hydrogen) atoms. The molecule has 2 aliphatic heterocycles. The van der Waals surface area contributed by atoms with E-state index in [0.717, 1.165) is 0 Å². The second kappa shape index (κ2) is 9.46. The maximum atomic E-state index is 13.2. The van der Waals surface area contributed by atoms with Gasteiger partial charge in [-0.2, -0.15) is 26.3 Å². The quantitative estimate of drug-likeness (QED) is 0.431. The van der Waals surface area contributed by atoms with Gasteiger partial charge in [-0.05, 0) is 56.5 Å². The summed E-state index contributed by atoms with van der Waals surface area (Å²) in [4.78, 5) is 26.7. The van der Waals surface area contributed by atoms with E-state index in [4.69, 9.17) is 0 Å². The zero-order valence-electron chi connectivity index (χ0n) is 20.3. The maximum absolute atomic E-state index is 13.2. The molecule has 1 aromatic heterocycles. The number of piperidine rings is 1. The molecule has 1 saturated heterocycles. The first kappa shape index (κ1) is 27.2. The minimum Gasteiger partial charge on any atom is -0.367 e. The van der Waals surface area contributed by atoms with Crippen molar-refractivity contribution in [3.05, 3.63) is 58.9 Å². The van der Waals surface area contributed by atoms with Gasteiger partial charge in [0.05, 0.1) is 17.8 Å². The molecular formula is C25H29F6N3O3. The fraction of sp³-hybridized carbons (Fsp3) is 0.520. The highest BCUT2D eigenvalue weighted by Crippen LogP contribution is 2.41. The Hall–Kier alpha value is -2.86. The first-order chi connectivity index (χ1) is 17.1. The van der Waals surface area contributed by atoms with Gasteiger partial charge in [0.1, 0.15) is 6.61 Å². The highest BCUT2D eigenvalue weighted by atomic mass is 19.4. The number of benzene rings is 1. The van der Waals surface area contributed by atoms with Crippen LogP contribution >= 0.6 is 0 Å². The molecule has 3 heterocycles. The molecule has 2 aliphatic rings. The molecule has 0 unspecified atom stereocenters. The number of halogens is 6. The lowest BCUT2D eigenvalue weighted by molar-refractivity contribution is -0.176. The number of likely N-dealkylation sites (tertiary alicyclic amines) is 1. The number of Topliss-reactive ketones (excluding diaryl/α,β-unsaturated/α-hetero) is 1. The first-order valence-electron chi connectivity index (χ1n) is 11.7. The zero-order valence-corrected chi connectivity index (χ0v) is 20.3. The van der Waals surface area contributed by atoms with Gasteiger partial charge in [-0.1, -0.05) is 12.1 Å². The van der Waals surface area contributed by atoms with Crippen molar-refractivity contribution in [2.45, 2.75) is 63.3 Å². The van der Waals surface area contributed by atoms with Crippen molar-refractivity contribution >= 4 is 11.7 Å². The van der Waals surface area contributed by atoms with Crippen LogP contribution in [0, 0.1) is 0 Å². The fourth-order valence-electron chi connectivity index (χ4n) is 5.23. The van der Waals surface area contributed by atoms with Crippen LogP contribution in [-0.4, -0.2) is 58.7 Å². The number of aromatic nitrogens is 1. The van der Waals surface area contributed by atoms with Crippen molar-refractivity contribution in [3.63, 3.8) is 0 Å². The van der Waals surface area contributed by atoms with Gasteiger partial charge < -0.3 is 14.2 Å². The Morgan fingerprint density at radius 1 is 1.00 bits per heavy atom. The molecule has 0 bridgehead atoms. The van der Waals surface area contributed by atoms with E-state index in [1.165, 1.54) is 34.9 Å². The monoisotopic (exact) mass is 533 g/mol. The third-order valence-electron chi connectivity index (χ3n) is 6.73. The molecule has 1 amide bonds. The van der Waals surface area contributed by atoms with E-state index >= 15 is 0 Å². The number of hydrogen-bond donors (Lipinski definition) is 1. The summed E-state index contributed by atoms with van der Waals surface area (Å²) in [5.74, 6) is -2.14. The maximum Gasteiger partial charge on any atom is 0.456 e. The summed E-state index contributed by atoms with van der Waals surface area (Å²) < 4.78 is 82.3. The summed E-state index contributed by atoms with van der Waals surface area (Å²) in [6, 6.07) is 8.90. The van der Waals surface area contributed by atoms with Crippen LogP contribution in [0.5, 0.6) is 0 Å². The van der Waals surface area contributed by atoms with Crippen LogP contribution in [0.4, 0.5) is 26.3 Å². The summed E-state index contributed by atoms with van der Waals surface area (Å²) >= 11 is 0. The van der Waals surface area contributed by atoms with Crippen LogP contribution in [0.25, 0.3) is 0 Å². The van der Waals surface area contributed by atoms with Gasteiger partial charge in [-0.25, -0.2) is 0 Å². The molecule has 0 radical (unpaired) electrons. The molecule has 0 aliphatic carbocycles. The lowest BCUT2D eigenvalue weighted by Crippen LogP contribution is -2.63. The number of alkyl halides is 6. The van der Waals surface area contributed by atoms with Crippen LogP contribution in [-0.2, 0) is 23.4 Å². The molecule has 1 N–H and O–H groups in total. The standard InChI is InChI=1S/C25H27F6N3O3.H2/c1-22(2)14-34-18(20(35)25(29,30)31)7-8-19(34)23(32-22)9-11-33(12-10-23)21(36)17-5-3-16(4-6-17)13-37-15-24(26,27)28;/h3-8,32H,9-15H2,1-2H3;1H. The average Bonchev–Trinajstić information content (AvgIpc) is 3.21. The Labute approximate surface area is 211 Å². The van der Waals surface area contributed by atoms with Crippen molar-refractivity contribution in [1.29, 1.82) is 0 Å². The van der Waals surface area contributed by atoms with E-state index in [9.17, 15) is 35.9 Å². The van der Waals surface area contributed by atoms with Crippen LogP contribution in [0.15, 0.2) is 36.4 Å². The van der Waals surface area contributed by atoms with Gasteiger partial charge in [-0.3, -0.25) is 14.9 Å². The van der Waals surface area contributed by atoms with E-state index in [2.05, 4.69) is 10.1 Å². The first-order valence-corrected chi connectivity index (χ1v) is 11.7. The summed E-state index contributed by atoms with van der Waals surface area (Å²) in [5, 5.41) is 3.55. The van der Waals surface area contributed by atoms with Gasteiger partial charge in [0.2, 0.25) is 0 Å². The largest absolute Gasteiger partial charge is 0.456 e. The van der Waals surface area contributed by atoms with Crippen LogP contribution in [0.2, 0.25) is 0 Å². The molecule has 6 nitrogen and oxygen atoms in total. The molecule has 4 rings (SSSR count). The van der Waals surface area contributed by atoms with Crippen LogP contribution in [0.1, 0.15) is 60.2 Å². The minimum atomic E-state index is -4.98. The lowest BCUT2D eigenvalue weighted by atomic mass is 9.79. The molecule has 2 aromatic rings. The highest BCUT2D eigenvalue weighted by molar-refractivity contribution is 5.99. The molecule has 1 spiro atoms. The number of hydrogen-bond acceptors (Lipinski definition) is 4. The number of nitrogens with zero attached hydrogens (tertiary/aromatic N) is 2. The molecule has 1 aromatic carbocycles. The topological polar surface area (TPSA) is 63.6 Å². The van der Waals surface area contributed by atoms with Crippen molar-refractivity contribution in [3.8, 4) is 0 Å². The number of ether oxygens (including phenoxy) is 1. The van der Waals surface area contributed by atoms with E-state index in [1.807, 2.05) is 13.8 Å². The Kier molecular flexibility index (Phi) is 6.95. The van der Waals surface area contributed by atoms with Crippen LogP contribution in [0.3, 0.4) is 0 Å². The Morgan fingerprint density at radius 3 is 2.19 bits per heavy atom. The second-order valence-corrected chi connectivity index (χ2v) is 10.2. The number of carbonyl (C=O) groups excluding carboxylic acids is 2. The van der Waals surface area contributed by atoms with Crippen molar-refractivity contribution in [1.82, 2.24) is 14.8 Å². The van der Waals surface area contributed by atoms with E-state index < -0.39 is 41.5 Å². The molecule has 0 atom stereocenters. The number of ketones is 1. The van der Waals surface area contributed by atoms with Crippen molar-refractivity contribution in [2.24, 2.45) is 0 Å². The third-order valence-corrected chi connectivity index (χ3v) is 6.73. The smallest absolute Gasteiger partial charge is 0.367 e. The Morgan fingerprint density at radius 2 is 1.62 bits per heavy atom. The van der Waals surface area contributed by atoms with Gasteiger partial charge >= 0.3 is 12.4 Å². The highest BCUT2D eigenvalue weighted by Gasteiger charge is 2.49. The fourth-order valence-corrected chi connectivity index (χ4v) is 5.23. The molecule has 1 fully saturated rings. The van der Waals surface area contributed by atoms with Gasteiger partial charge in [0.15, 0.2) is 0 Å². The molecule has 204 valence electrons. The average molecular weight is 534 g/mol. The van der Waals surface area contributed by atoms with Gasteiger partial charge in [0.25, 0.3) is 11.7 Å². The predicted octanol–water partition coefficient (Wildman–Crippen LogP) is 5.07. The van der Waals surface area contributed by atoms with Gasteiger partial charge in [0, 0.05) is 37.9 Å². The number of carbonyl (C=O) groups is 2. The van der Waals surface area contributed by atoms with Crippen molar-refractivity contribution < 1.29 is 42.1 Å². The lowest BCUT2D eigenvalue weighted by Gasteiger charge is -2.51. The predicted molar refractivity (Wildman–Crippen MR) is 123 cm³/mol. The molecular weight excluding hydrogens is 504 g/mol. The summed E-state index contributed by atoms with van der Waals surface area (Å²) in [7, 11) is 0. The molecule has 0 saturated carbocycles. The van der Waals surface area contributed by atoms with Crippen LogP contribution < -0.4 is 5.32 Å². The SMILES string of the molecule is CC1(C)Cn2c(C(=O)C(F)(F)F)ccc2C2(CCN(C(=O)c3ccc(COCC(F)(F)F)cc3)CC2)N1.[HH]. The Balaban J connectivity index is 0.00000400. The second-order valence-electron chi connectivity index (χ2n) is 10.2. The third kappa shape index (κ3) is 5.85. The van der Waals surface area contributed by atoms with E-state index in [1.54, 1.807) is 11.0 Å². The minimum absolute atomic E-state index is 0. The number of nitrogens with one attached hydrogen (secondary N) is 1. The molecule has 12 heteroatoms. The number of amides is 1. The zero-order chi connectivity index (χ0) is 27.2. The normalized spacial score (nSPS) is 19.1. The van der Waals surface area contributed by atoms with Crippen molar-refractivity contribution in [2.75, 3.05) is 19.7 Å². The van der Waals surface area contributed by atoms with E-state index in [0.29, 0.717) is 42.8 Å².